The Hall–Kier alpha value is -3.23. The molecule has 1 saturated heterocycles. The number of aromatic nitrogens is 2. The molecule has 1 N–H and O–H groups in total. The van der Waals surface area contributed by atoms with Crippen molar-refractivity contribution < 1.29 is 9.72 Å². The van der Waals surface area contributed by atoms with E-state index in [2.05, 4.69) is 20.4 Å². The van der Waals surface area contributed by atoms with Gasteiger partial charge in [0.05, 0.1) is 10.6 Å². The Kier molecular flexibility index (Phi) is 5.52. The lowest BCUT2D eigenvalue weighted by atomic mass is 9.94. The van der Waals surface area contributed by atoms with Gasteiger partial charge in [0.15, 0.2) is 5.82 Å². The molecule has 0 radical (unpaired) electrons. The Bertz CT molecular complexity index is 901. The molecule has 0 unspecified atom stereocenters. The molecule has 0 atom stereocenters. The lowest BCUT2D eigenvalue weighted by Gasteiger charge is -2.40. The van der Waals surface area contributed by atoms with Crippen LogP contribution in [0.5, 0.6) is 0 Å². The maximum Gasteiger partial charge on any atom is 0.269 e. The second-order valence-electron chi connectivity index (χ2n) is 8.03. The van der Waals surface area contributed by atoms with Crippen LogP contribution in [0.2, 0.25) is 0 Å². The molecule has 1 aromatic heterocycles. The highest BCUT2D eigenvalue weighted by Gasteiger charge is 2.44. The first-order valence-electron chi connectivity index (χ1n) is 10.3. The SMILES string of the molecule is Cc1ccc(N2CCN(C(=O)C3(Nc4ccc([N+](=O)[O-])cc4)CCCC3)CC2)nn1. The molecule has 0 spiro atoms. The molecule has 9 nitrogen and oxygen atoms in total. The van der Waals surface area contributed by atoms with Crippen molar-refractivity contribution in [3.8, 4) is 0 Å². The van der Waals surface area contributed by atoms with E-state index in [0.29, 0.717) is 13.1 Å². The third kappa shape index (κ3) is 4.05. The Balaban J connectivity index is 1.43. The van der Waals surface area contributed by atoms with E-state index >= 15 is 0 Å². The summed E-state index contributed by atoms with van der Waals surface area (Å²) >= 11 is 0. The molecule has 2 fully saturated rings. The van der Waals surface area contributed by atoms with Gasteiger partial charge in [-0.15, -0.1) is 5.10 Å². The third-order valence-electron chi connectivity index (χ3n) is 6.00. The first kappa shape index (κ1) is 20.1. The minimum atomic E-state index is -0.637. The van der Waals surface area contributed by atoms with Crippen LogP contribution in [0.15, 0.2) is 36.4 Å². The number of carbonyl (C=O) groups excluding carboxylic acids is 1. The molecular weight excluding hydrogens is 384 g/mol. The predicted octanol–water partition coefficient (Wildman–Crippen LogP) is 2.77. The first-order valence-corrected chi connectivity index (χ1v) is 10.3. The van der Waals surface area contributed by atoms with Crippen molar-refractivity contribution in [2.24, 2.45) is 0 Å². The van der Waals surface area contributed by atoms with Crippen LogP contribution >= 0.6 is 0 Å². The summed E-state index contributed by atoms with van der Waals surface area (Å²) in [7, 11) is 0. The van der Waals surface area contributed by atoms with Crippen molar-refractivity contribution in [3.63, 3.8) is 0 Å². The van der Waals surface area contributed by atoms with Crippen LogP contribution in [0.1, 0.15) is 31.4 Å². The summed E-state index contributed by atoms with van der Waals surface area (Å²) in [5.41, 5.74) is 1.03. The van der Waals surface area contributed by atoms with Crippen LogP contribution in [-0.4, -0.2) is 57.6 Å². The van der Waals surface area contributed by atoms with Gasteiger partial charge in [-0.1, -0.05) is 12.8 Å². The van der Waals surface area contributed by atoms with Crippen molar-refractivity contribution in [1.82, 2.24) is 15.1 Å². The van der Waals surface area contributed by atoms with Crippen LogP contribution in [-0.2, 0) is 4.79 Å². The van der Waals surface area contributed by atoms with Gasteiger partial charge in [-0.25, -0.2) is 0 Å². The lowest BCUT2D eigenvalue weighted by Crippen LogP contribution is -2.57. The maximum atomic E-state index is 13.5. The summed E-state index contributed by atoms with van der Waals surface area (Å²) in [6.07, 6.45) is 3.52. The average Bonchev–Trinajstić information content (AvgIpc) is 3.24. The molecule has 30 heavy (non-hydrogen) atoms. The van der Waals surface area contributed by atoms with Gasteiger partial charge in [0.2, 0.25) is 5.91 Å². The van der Waals surface area contributed by atoms with E-state index in [9.17, 15) is 14.9 Å². The van der Waals surface area contributed by atoms with Crippen LogP contribution < -0.4 is 10.2 Å². The highest BCUT2D eigenvalue weighted by atomic mass is 16.6. The van der Waals surface area contributed by atoms with Crippen molar-refractivity contribution in [3.05, 3.63) is 52.2 Å². The predicted molar refractivity (Wildman–Crippen MR) is 113 cm³/mol. The van der Waals surface area contributed by atoms with E-state index < -0.39 is 10.5 Å². The van der Waals surface area contributed by atoms with E-state index in [1.54, 1.807) is 12.1 Å². The quantitative estimate of drug-likeness (QED) is 0.597. The lowest BCUT2D eigenvalue weighted by molar-refractivity contribution is -0.384. The van der Waals surface area contributed by atoms with Gasteiger partial charge >= 0.3 is 0 Å². The highest BCUT2D eigenvalue weighted by molar-refractivity contribution is 5.90. The smallest absolute Gasteiger partial charge is 0.269 e. The Morgan fingerprint density at radius 3 is 2.27 bits per heavy atom. The fraction of sp³-hybridized carbons (Fsp3) is 0.476. The minimum absolute atomic E-state index is 0.0441. The zero-order valence-electron chi connectivity index (χ0n) is 17.1. The van der Waals surface area contributed by atoms with E-state index in [1.807, 2.05) is 24.0 Å². The summed E-state index contributed by atoms with van der Waals surface area (Å²) in [6.45, 7) is 4.62. The Labute approximate surface area is 175 Å². The largest absolute Gasteiger partial charge is 0.371 e. The zero-order valence-corrected chi connectivity index (χ0v) is 17.1. The van der Waals surface area contributed by atoms with Crippen LogP contribution in [0.3, 0.4) is 0 Å². The van der Waals surface area contributed by atoms with Crippen molar-refractivity contribution in [2.75, 3.05) is 36.4 Å². The molecule has 1 amide bonds. The van der Waals surface area contributed by atoms with Crippen LogP contribution in [0, 0.1) is 17.0 Å². The molecule has 1 saturated carbocycles. The molecule has 2 heterocycles. The molecule has 1 aromatic carbocycles. The topological polar surface area (TPSA) is 104 Å². The number of nitro groups is 1. The van der Waals surface area contributed by atoms with Gasteiger partial charge in [0.25, 0.3) is 5.69 Å². The van der Waals surface area contributed by atoms with Gasteiger partial charge in [0, 0.05) is 44.0 Å². The van der Waals surface area contributed by atoms with Crippen molar-refractivity contribution in [2.45, 2.75) is 38.1 Å². The Morgan fingerprint density at radius 1 is 1.03 bits per heavy atom. The highest BCUT2D eigenvalue weighted by Crippen LogP contribution is 2.35. The summed E-state index contributed by atoms with van der Waals surface area (Å²) < 4.78 is 0. The second-order valence-corrected chi connectivity index (χ2v) is 8.03. The summed E-state index contributed by atoms with van der Waals surface area (Å²) in [4.78, 5) is 28.1. The maximum absolute atomic E-state index is 13.5. The van der Waals surface area contributed by atoms with Gasteiger partial charge < -0.3 is 15.1 Å². The fourth-order valence-electron chi connectivity index (χ4n) is 4.32. The number of hydrogen-bond acceptors (Lipinski definition) is 7. The fourth-order valence-corrected chi connectivity index (χ4v) is 4.32. The number of amides is 1. The van der Waals surface area contributed by atoms with E-state index in [0.717, 1.165) is 56.0 Å². The third-order valence-corrected chi connectivity index (χ3v) is 6.00. The van der Waals surface area contributed by atoms with Gasteiger partial charge in [-0.2, -0.15) is 5.10 Å². The number of nitrogens with one attached hydrogen (secondary N) is 1. The molecule has 9 heteroatoms. The first-order chi connectivity index (χ1) is 14.5. The van der Waals surface area contributed by atoms with E-state index in [1.165, 1.54) is 12.1 Å². The van der Waals surface area contributed by atoms with Gasteiger partial charge in [0.1, 0.15) is 5.54 Å². The molecule has 4 rings (SSSR count). The van der Waals surface area contributed by atoms with Gasteiger partial charge in [-0.3, -0.25) is 14.9 Å². The molecule has 1 aliphatic carbocycles. The number of anilines is 2. The molecule has 2 aromatic rings. The monoisotopic (exact) mass is 410 g/mol. The number of benzene rings is 1. The number of non-ortho nitro benzene ring substituents is 1. The van der Waals surface area contributed by atoms with E-state index in [4.69, 9.17) is 0 Å². The van der Waals surface area contributed by atoms with Crippen LogP contribution in [0.25, 0.3) is 0 Å². The zero-order chi connectivity index (χ0) is 21.1. The normalized spacial score (nSPS) is 18.3. The molecule has 158 valence electrons. The molecular formula is C21H26N6O3. The number of piperazine rings is 1. The summed E-state index contributed by atoms with van der Waals surface area (Å²) in [5.74, 6) is 0.959. The Morgan fingerprint density at radius 2 is 1.70 bits per heavy atom. The second kappa shape index (κ2) is 8.25. The summed E-state index contributed by atoms with van der Waals surface area (Å²) in [6, 6.07) is 10.2. The van der Waals surface area contributed by atoms with E-state index in [-0.39, 0.29) is 11.6 Å². The van der Waals surface area contributed by atoms with Crippen molar-refractivity contribution >= 4 is 23.1 Å². The number of hydrogen-bond donors (Lipinski definition) is 1. The number of nitro benzene ring substituents is 1. The minimum Gasteiger partial charge on any atom is -0.371 e. The van der Waals surface area contributed by atoms with Crippen LogP contribution in [0.4, 0.5) is 17.2 Å². The number of nitrogens with zero attached hydrogens (tertiary/aromatic N) is 5. The average molecular weight is 410 g/mol. The molecule has 1 aliphatic heterocycles. The number of rotatable bonds is 5. The standard InChI is InChI=1S/C21H26N6O3/c1-16-4-9-19(24-23-16)25-12-14-26(15-13-25)20(28)21(10-2-3-11-21)22-17-5-7-18(8-6-17)27(29)30/h4-9,22H,2-3,10-15H2,1H3. The number of carbonyl (C=O) groups is 1. The van der Waals surface area contributed by atoms with Crippen molar-refractivity contribution in [1.29, 1.82) is 0 Å². The molecule has 2 aliphatic rings. The summed E-state index contributed by atoms with van der Waals surface area (Å²) in [5, 5.41) is 22.7. The molecule has 0 bridgehead atoms. The number of aryl methyl sites for hydroxylation is 1. The van der Waals surface area contributed by atoms with Gasteiger partial charge in [-0.05, 0) is 44.0 Å².